The second-order valence-corrected chi connectivity index (χ2v) is 8.34. The number of methoxy groups -OCH3 is 1. The van der Waals surface area contributed by atoms with Crippen molar-refractivity contribution in [1.29, 1.82) is 0 Å². The molecule has 19 heavy (non-hydrogen) atoms. The largest absolute Gasteiger partial charge is 0.384 e. The number of piperidine rings is 1. The third-order valence-corrected chi connectivity index (χ3v) is 7.04. The number of hydrogen-bond acceptors (Lipinski definition) is 4. The summed E-state index contributed by atoms with van der Waals surface area (Å²) in [5.74, 6) is 0. The Kier molecular flexibility index (Phi) is 3.62. The summed E-state index contributed by atoms with van der Waals surface area (Å²) in [5, 5.41) is -0.117. The summed E-state index contributed by atoms with van der Waals surface area (Å²) >= 11 is 0. The average molecular weight is 289 g/mol. The van der Waals surface area contributed by atoms with Crippen LogP contribution in [0.2, 0.25) is 0 Å². The van der Waals surface area contributed by atoms with Crippen LogP contribution in [-0.4, -0.2) is 57.5 Å². The van der Waals surface area contributed by atoms with Crippen molar-refractivity contribution in [3.63, 3.8) is 0 Å². The van der Waals surface area contributed by atoms with E-state index >= 15 is 0 Å². The molecule has 3 aliphatic rings. The van der Waals surface area contributed by atoms with Crippen LogP contribution in [0.25, 0.3) is 0 Å². The van der Waals surface area contributed by atoms with Crippen LogP contribution in [0.3, 0.4) is 0 Å². The fourth-order valence-corrected chi connectivity index (χ4v) is 5.49. The Balaban J connectivity index is 1.80. The van der Waals surface area contributed by atoms with E-state index in [9.17, 15) is 8.42 Å². The lowest BCUT2D eigenvalue weighted by Crippen LogP contribution is -2.58. The Labute approximate surface area is 115 Å². The molecule has 0 bridgehead atoms. The maximum atomic E-state index is 12.4. The number of sulfonamides is 1. The Hall–Kier alpha value is -0.170. The van der Waals surface area contributed by atoms with Gasteiger partial charge in [-0.15, -0.1) is 0 Å². The van der Waals surface area contributed by atoms with Gasteiger partial charge < -0.3 is 9.47 Å². The summed E-state index contributed by atoms with van der Waals surface area (Å²) < 4.78 is 37.8. The topological polar surface area (TPSA) is 55.8 Å². The molecule has 1 aliphatic carbocycles. The monoisotopic (exact) mass is 289 g/mol. The molecule has 1 saturated carbocycles. The van der Waals surface area contributed by atoms with Crippen LogP contribution < -0.4 is 0 Å². The zero-order valence-electron chi connectivity index (χ0n) is 11.5. The first-order valence-electron chi connectivity index (χ1n) is 7.18. The normalized spacial score (nSPS) is 37.0. The highest BCUT2D eigenvalue weighted by molar-refractivity contribution is 7.90. The van der Waals surface area contributed by atoms with Crippen molar-refractivity contribution >= 4 is 10.0 Å². The van der Waals surface area contributed by atoms with E-state index in [1.165, 1.54) is 0 Å². The van der Waals surface area contributed by atoms with E-state index in [0.717, 1.165) is 38.7 Å². The van der Waals surface area contributed by atoms with Crippen molar-refractivity contribution in [2.75, 3.05) is 33.4 Å². The van der Waals surface area contributed by atoms with Gasteiger partial charge in [-0.2, -0.15) is 0 Å². The van der Waals surface area contributed by atoms with Gasteiger partial charge in [0.2, 0.25) is 10.0 Å². The summed E-state index contributed by atoms with van der Waals surface area (Å²) in [6, 6.07) is 0. The standard InChI is InChI=1S/C13H23NO4S/c1-17-10-13-6-2-8-18-12(13)5-7-14(9-13)19(15,16)11-3-4-11/h11-12H,2-10H2,1H3/t12-,13+/m1/s1. The third kappa shape index (κ3) is 2.44. The maximum Gasteiger partial charge on any atom is 0.217 e. The Morgan fingerprint density at radius 3 is 2.84 bits per heavy atom. The minimum Gasteiger partial charge on any atom is -0.384 e. The Bertz CT molecular complexity index is 430. The van der Waals surface area contributed by atoms with E-state index in [1.807, 2.05) is 0 Å². The van der Waals surface area contributed by atoms with E-state index in [-0.39, 0.29) is 16.8 Å². The van der Waals surface area contributed by atoms with Gasteiger partial charge in [-0.25, -0.2) is 12.7 Å². The summed E-state index contributed by atoms with van der Waals surface area (Å²) in [6.07, 6.45) is 4.62. The van der Waals surface area contributed by atoms with E-state index < -0.39 is 10.0 Å². The molecule has 2 saturated heterocycles. The molecule has 0 N–H and O–H groups in total. The van der Waals surface area contributed by atoms with Crippen LogP contribution >= 0.6 is 0 Å². The lowest BCUT2D eigenvalue weighted by Gasteiger charge is -2.49. The molecule has 110 valence electrons. The van der Waals surface area contributed by atoms with Gasteiger partial charge in [0.25, 0.3) is 0 Å². The van der Waals surface area contributed by atoms with Crippen LogP contribution in [0.15, 0.2) is 0 Å². The highest BCUT2D eigenvalue weighted by atomic mass is 32.2. The minimum atomic E-state index is -3.07. The van der Waals surface area contributed by atoms with Gasteiger partial charge in [0.1, 0.15) is 0 Å². The first-order valence-corrected chi connectivity index (χ1v) is 8.68. The van der Waals surface area contributed by atoms with Crippen molar-refractivity contribution in [1.82, 2.24) is 4.31 Å². The molecule has 6 heteroatoms. The first-order chi connectivity index (χ1) is 9.08. The predicted molar refractivity (Wildman–Crippen MR) is 71.4 cm³/mol. The molecule has 0 aromatic heterocycles. The summed E-state index contributed by atoms with van der Waals surface area (Å²) in [6.45, 7) is 2.57. The number of hydrogen-bond donors (Lipinski definition) is 0. The van der Waals surface area contributed by atoms with Gasteiger partial charge in [0, 0.05) is 32.2 Å². The molecule has 2 aliphatic heterocycles. The fraction of sp³-hybridized carbons (Fsp3) is 1.00. The van der Waals surface area contributed by atoms with Gasteiger partial charge >= 0.3 is 0 Å². The lowest BCUT2D eigenvalue weighted by atomic mass is 9.73. The molecule has 0 aromatic rings. The van der Waals surface area contributed by atoms with Gasteiger partial charge in [0.15, 0.2) is 0 Å². The number of ether oxygens (including phenoxy) is 2. The average Bonchev–Trinajstić information content (AvgIpc) is 3.22. The van der Waals surface area contributed by atoms with Crippen molar-refractivity contribution in [2.45, 2.75) is 43.5 Å². The van der Waals surface area contributed by atoms with Gasteiger partial charge in [0.05, 0.1) is 18.0 Å². The van der Waals surface area contributed by atoms with E-state index in [4.69, 9.17) is 9.47 Å². The predicted octanol–water partition coefficient (Wildman–Crippen LogP) is 0.996. The first kappa shape index (κ1) is 13.8. The van der Waals surface area contributed by atoms with Crippen molar-refractivity contribution < 1.29 is 17.9 Å². The second-order valence-electron chi connectivity index (χ2n) is 6.12. The van der Waals surface area contributed by atoms with Crippen LogP contribution in [-0.2, 0) is 19.5 Å². The molecule has 0 aromatic carbocycles. The molecular formula is C13H23NO4S. The van der Waals surface area contributed by atoms with E-state index in [0.29, 0.717) is 19.7 Å². The van der Waals surface area contributed by atoms with Crippen LogP contribution in [0.4, 0.5) is 0 Å². The molecule has 2 heterocycles. The minimum absolute atomic E-state index is 0.117. The summed E-state index contributed by atoms with van der Waals surface area (Å²) in [5.41, 5.74) is -0.132. The number of rotatable bonds is 4. The molecule has 5 nitrogen and oxygen atoms in total. The van der Waals surface area contributed by atoms with Crippen molar-refractivity contribution in [2.24, 2.45) is 5.41 Å². The van der Waals surface area contributed by atoms with Crippen molar-refractivity contribution in [3.05, 3.63) is 0 Å². The smallest absolute Gasteiger partial charge is 0.217 e. The fourth-order valence-electron chi connectivity index (χ4n) is 3.54. The highest BCUT2D eigenvalue weighted by Crippen LogP contribution is 2.43. The van der Waals surface area contributed by atoms with E-state index in [2.05, 4.69) is 0 Å². The van der Waals surface area contributed by atoms with Crippen molar-refractivity contribution in [3.8, 4) is 0 Å². The summed E-state index contributed by atoms with van der Waals surface area (Å²) in [4.78, 5) is 0. The molecule has 0 spiro atoms. The van der Waals surface area contributed by atoms with Gasteiger partial charge in [-0.1, -0.05) is 0 Å². The van der Waals surface area contributed by atoms with E-state index in [1.54, 1.807) is 11.4 Å². The molecule has 3 rings (SSSR count). The van der Waals surface area contributed by atoms with Crippen LogP contribution in [0.1, 0.15) is 32.1 Å². The van der Waals surface area contributed by atoms with Crippen LogP contribution in [0.5, 0.6) is 0 Å². The SMILES string of the molecule is COC[C@@]12CCCO[C@@H]1CCN(S(=O)(=O)C1CC1)C2. The van der Waals surface area contributed by atoms with Gasteiger partial charge in [-0.3, -0.25) is 0 Å². The Morgan fingerprint density at radius 2 is 2.16 bits per heavy atom. The summed E-state index contributed by atoms with van der Waals surface area (Å²) in [7, 11) is -1.38. The van der Waals surface area contributed by atoms with Gasteiger partial charge in [-0.05, 0) is 32.1 Å². The Morgan fingerprint density at radius 1 is 1.37 bits per heavy atom. The molecular weight excluding hydrogens is 266 g/mol. The lowest BCUT2D eigenvalue weighted by molar-refractivity contribution is -0.137. The quantitative estimate of drug-likeness (QED) is 0.774. The molecule has 2 atom stereocenters. The zero-order chi connectivity index (χ0) is 13.5. The van der Waals surface area contributed by atoms with Crippen LogP contribution in [0, 0.1) is 5.41 Å². The molecule has 0 unspecified atom stereocenters. The number of fused-ring (bicyclic) bond motifs is 1. The zero-order valence-corrected chi connectivity index (χ0v) is 12.3. The molecule has 0 radical (unpaired) electrons. The third-order valence-electron chi connectivity index (χ3n) is 4.69. The molecule has 3 fully saturated rings. The highest BCUT2D eigenvalue weighted by Gasteiger charge is 2.50. The number of nitrogens with zero attached hydrogens (tertiary/aromatic N) is 1. The second kappa shape index (κ2) is 4.98. The maximum absolute atomic E-state index is 12.4. The molecule has 0 amide bonds.